The molecule has 0 N–H and O–H groups in total. The Morgan fingerprint density at radius 2 is 1.60 bits per heavy atom. The lowest BCUT2D eigenvalue weighted by atomic mass is 9.97. The molecule has 0 saturated heterocycles. The zero-order valence-corrected chi connectivity index (χ0v) is 10.3. The van der Waals surface area contributed by atoms with Gasteiger partial charge in [-0.05, 0) is 19.3 Å². The molecule has 0 aromatic rings. The molecule has 0 aromatic heterocycles. The van der Waals surface area contributed by atoms with E-state index in [-0.39, 0.29) is 0 Å². The van der Waals surface area contributed by atoms with Crippen molar-refractivity contribution in [2.24, 2.45) is 5.92 Å². The van der Waals surface area contributed by atoms with Gasteiger partial charge in [-0.25, -0.2) is 0 Å². The van der Waals surface area contributed by atoms with Crippen LogP contribution in [0.2, 0.25) is 0 Å². The van der Waals surface area contributed by atoms with Crippen LogP contribution >= 0.6 is 0 Å². The Kier molecular flexibility index (Phi) is 6.71. The maximum absolute atomic E-state index is 11.7. The normalized spacial score (nSPS) is 17.1. The van der Waals surface area contributed by atoms with Crippen LogP contribution in [0.1, 0.15) is 77.6 Å². The minimum Gasteiger partial charge on any atom is -0.299 e. The van der Waals surface area contributed by atoms with Crippen LogP contribution in [0.25, 0.3) is 0 Å². The summed E-state index contributed by atoms with van der Waals surface area (Å²) in [6, 6.07) is 0. The molecule has 1 nitrogen and oxygen atoms in total. The molecular formula is C14H26O. The van der Waals surface area contributed by atoms with E-state index in [2.05, 4.69) is 6.92 Å². The van der Waals surface area contributed by atoms with Crippen molar-refractivity contribution < 1.29 is 4.79 Å². The summed E-state index contributed by atoms with van der Waals surface area (Å²) >= 11 is 0. The number of carbonyl (C=O) groups is 1. The average molecular weight is 210 g/mol. The SMILES string of the molecule is CCCCCCCCC(=O)C1CCCC1. The first-order chi connectivity index (χ1) is 7.34. The Morgan fingerprint density at radius 3 is 2.27 bits per heavy atom. The highest BCUT2D eigenvalue weighted by Gasteiger charge is 2.21. The van der Waals surface area contributed by atoms with Gasteiger partial charge in [0.15, 0.2) is 0 Å². The number of unbranched alkanes of at least 4 members (excludes halogenated alkanes) is 5. The van der Waals surface area contributed by atoms with Gasteiger partial charge in [-0.3, -0.25) is 4.79 Å². The second kappa shape index (κ2) is 7.90. The van der Waals surface area contributed by atoms with Crippen LogP contribution < -0.4 is 0 Å². The third-order valence-corrected chi connectivity index (χ3v) is 3.59. The Morgan fingerprint density at radius 1 is 1.00 bits per heavy atom. The van der Waals surface area contributed by atoms with Crippen LogP contribution in [-0.2, 0) is 4.79 Å². The third-order valence-electron chi connectivity index (χ3n) is 3.59. The summed E-state index contributed by atoms with van der Waals surface area (Å²) in [5, 5.41) is 0. The van der Waals surface area contributed by atoms with E-state index in [0.717, 1.165) is 12.8 Å². The molecule has 1 rings (SSSR count). The van der Waals surface area contributed by atoms with Crippen molar-refractivity contribution in [1.29, 1.82) is 0 Å². The Bertz CT molecular complexity index is 168. The quantitative estimate of drug-likeness (QED) is 0.539. The van der Waals surface area contributed by atoms with Crippen LogP contribution in [-0.4, -0.2) is 5.78 Å². The summed E-state index contributed by atoms with van der Waals surface area (Å²) in [6.45, 7) is 2.24. The Balaban J connectivity index is 1.92. The topological polar surface area (TPSA) is 17.1 Å². The summed E-state index contributed by atoms with van der Waals surface area (Å²) in [5.41, 5.74) is 0. The Hall–Kier alpha value is -0.330. The van der Waals surface area contributed by atoms with Gasteiger partial charge in [0, 0.05) is 12.3 Å². The molecule has 1 heteroatoms. The highest BCUT2D eigenvalue weighted by molar-refractivity contribution is 5.81. The van der Waals surface area contributed by atoms with Crippen molar-refractivity contribution in [3.63, 3.8) is 0 Å². The third kappa shape index (κ3) is 5.34. The Labute approximate surface area is 94.6 Å². The molecule has 0 radical (unpaired) electrons. The molecule has 1 saturated carbocycles. The molecular weight excluding hydrogens is 184 g/mol. The van der Waals surface area contributed by atoms with Crippen molar-refractivity contribution >= 4 is 5.78 Å². The van der Waals surface area contributed by atoms with Gasteiger partial charge in [0.2, 0.25) is 0 Å². The molecule has 0 atom stereocenters. The molecule has 0 heterocycles. The van der Waals surface area contributed by atoms with Crippen LogP contribution in [0.15, 0.2) is 0 Å². The number of ketones is 1. The number of carbonyl (C=O) groups excluding carboxylic acids is 1. The molecule has 15 heavy (non-hydrogen) atoms. The summed E-state index contributed by atoms with van der Waals surface area (Å²) in [4.78, 5) is 11.7. The highest BCUT2D eigenvalue weighted by atomic mass is 16.1. The molecule has 0 bridgehead atoms. The smallest absolute Gasteiger partial charge is 0.135 e. The van der Waals surface area contributed by atoms with Gasteiger partial charge in [0.1, 0.15) is 5.78 Å². The molecule has 1 aliphatic rings. The second-order valence-corrected chi connectivity index (χ2v) is 4.97. The first-order valence-corrected chi connectivity index (χ1v) is 6.87. The van der Waals surface area contributed by atoms with E-state index in [0.29, 0.717) is 11.7 Å². The second-order valence-electron chi connectivity index (χ2n) is 4.97. The standard InChI is InChI=1S/C14H26O/c1-2-3-4-5-6-7-12-14(15)13-10-8-9-11-13/h13H,2-12H2,1H3. The number of hydrogen-bond acceptors (Lipinski definition) is 1. The van der Waals surface area contributed by atoms with E-state index < -0.39 is 0 Å². The molecule has 0 aliphatic heterocycles. The van der Waals surface area contributed by atoms with Gasteiger partial charge >= 0.3 is 0 Å². The van der Waals surface area contributed by atoms with Crippen molar-refractivity contribution in [3.8, 4) is 0 Å². The number of hydrogen-bond donors (Lipinski definition) is 0. The molecule has 0 aromatic carbocycles. The fraction of sp³-hybridized carbons (Fsp3) is 0.929. The molecule has 0 amide bonds. The minimum atomic E-state index is 0.445. The van der Waals surface area contributed by atoms with Gasteiger partial charge in [-0.15, -0.1) is 0 Å². The first-order valence-electron chi connectivity index (χ1n) is 6.87. The van der Waals surface area contributed by atoms with E-state index in [1.807, 2.05) is 0 Å². The van der Waals surface area contributed by atoms with Crippen LogP contribution in [0, 0.1) is 5.92 Å². The molecule has 1 fully saturated rings. The predicted octanol–water partition coefficient (Wildman–Crippen LogP) is 4.50. The first kappa shape index (κ1) is 12.7. The van der Waals surface area contributed by atoms with Crippen LogP contribution in [0.4, 0.5) is 0 Å². The lowest BCUT2D eigenvalue weighted by molar-refractivity contribution is -0.122. The van der Waals surface area contributed by atoms with Gasteiger partial charge in [-0.1, -0.05) is 51.9 Å². The zero-order valence-electron chi connectivity index (χ0n) is 10.3. The van der Waals surface area contributed by atoms with E-state index in [1.165, 1.54) is 57.8 Å². The predicted molar refractivity (Wildman–Crippen MR) is 65.0 cm³/mol. The lowest BCUT2D eigenvalue weighted by Gasteiger charge is -2.07. The maximum atomic E-state index is 11.7. The largest absolute Gasteiger partial charge is 0.299 e. The van der Waals surface area contributed by atoms with Gasteiger partial charge in [-0.2, -0.15) is 0 Å². The minimum absolute atomic E-state index is 0.445. The number of Topliss-reactive ketones (excluding diaryl/α,β-unsaturated/α-hetero) is 1. The molecule has 0 spiro atoms. The van der Waals surface area contributed by atoms with E-state index >= 15 is 0 Å². The van der Waals surface area contributed by atoms with Crippen molar-refractivity contribution in [2.75, 3.05) is 0 Å². The monoisotopic (exact) mass is 210 g/mol. The van der Waals surface area contributed by atoms with Crippen LogP contribution in [0.5, 0.6) is 0 Å². The van der Waals surface area contributed by atoms with Gasteiger partial charge in [0.25, 0.3) is 0 Å². The number of rotatable bonds is 8. The van der Waals surface area contributed by atoms with Crippen molar-refractivity contribution in [2.45, 2.75) is 77.6 Å². The zero-order chi connectivity index (χ0) is 10.9. The lowest BCUT2D eigenvalue weighted by Crippen LogP contribution is -2.09. The average Bonchev–Trinajstić information content (AvgIpc) is 2.76. The summed E-state index contributed by atoms with van der Waals surface area (Å²) < 4.78 is 0. The van der Waals surface area contributed by atoms with E-state index in [4.69, 9.17) is 0 Å². The molecule has 88 valence electrons. The van der Waals surface area contributed by atoms with Crippen molar-refractivity contribution in [1.82, 2.24) is 0 Å². The van der Waals surface area contributed by atoms with E-state index in [9.17, 15) is 4.79 Å². The van der Waals surface area contributed by atoms with Gasteiger partial charge < -0.3 is 0 Å². The molecule has 1 aliphatic carbocycles. The van der Waals surface area contributed by atoms with Crippen molar-refractivity contribution in [3.05, 3.63) is 0 Å². The summed E-state index contributed by atoms with van der Waals surface area (Å²) in [7, 11) is 0. The fourth-order valence-electron chi connectivity index (χ4n) is 2.53. The van der Waals surface area contributed by atoms with Crippen LogP contribution in [0.3, 0.4) is 0 Å². The van der Waals surface area contributed by atoms with Gasteiger partial charge in [0.05, 0.1) is 0 Å². The summed E-state index contributed by atoms with van der Waals surface area (Å²) in [6.07, 6.45) is 13.5. The highest BCUT2D eigenvalue weighted by Crippen LogP contribution is 2.27. The maximum Gasteiger partial charge on any atom is 0.135 e. The van der Waals surface area contributed by atoms with E-state index in [1.54, 1.807) is 0 Å². The summed E-state index contributed by atoms with van der Waals surface area (Å²) in [5.74, 6) is 1.00. The fourth-order valence-corrected chi connectivity index (χ4v) is 2.53. The molecule has 0 unspecified atom stereocenters.